The lowest BCUT2D eigenvalue weighted by Crippen LogP contribution is -2.29. The molecule has 1 aliphatic heterocycles. The maximum absolute atomic E-state index is 11.4. The molecule has 6 heteroatoms. The van der Waals surface area contributed by atoms with E-state index in [2.05, 4.69) is 5.32 Å². The maximum Gasteiger partial charge on any atom is 0.333 e. The fourth-order valence-electron chi connectivity index (χ4n) is 2.51. The van der Waals surface area contributed by atoms with Crippen molar-refractivity contribution in [1.82, 2.24) is 5.32 Å². The number of nitro benzene ring substituents is 1. The standard InChI is InChI=1S/C14H21N3O3/c1-10(2)20-13-6-4-5-12(14(13)17(18)19)16-8-7-11(9-16)15-3/h4-6,10-11,15H,7-9H2,1-3H3. The summed E-state index contributed by atoms with van der Waals surface area (Å²) >= 11 is 0. The van der Waals surface area contributed by atoms with Crippen molar-refractivity contribution < 1.29 is 9.66 Å². The van der Waals surface area contributed by atoms with Gasteiger partial charge in [0.2, 0.25) is 0 Å². The number of hydrogen-bond acceptors (Lipinski definition) is 5. The molecule has 0 saturated carbocycles. The first-order chi connectivity index (χ1) is 9.52. The first-order valence-electron chi connectivity index (χ1n) is 6.89. The molecule has 2 rings (SSSR count). The molecule has 1 aromatic carbocycles. The third-order valence-corrected chi connectivity index (χ3v) is 3.46. The Balaban J connectivity index is 2.35. The summed E-state index contributed by atoms with van der Waals surface area (Å²) in [5, 5.41) is 14.6. The molecule has 1 unspecified atom stereocenters. The number of para-hydroxylation sites is 1. The first-order valence-corrected chi connectivity index (χ1v) is 6.89. The number of anilines is 1. The molecular formula is C14H21N3O3. The van der Waals surface area contributed by atoms with Gasteiger partial charge in [-0.15, -0.1) is 0 Å². The molecule has 0 amide bonds. The smallest absolute Gasteiger partial charge is 0.333 e. The van der Waals surface area contributed by atoms with Crippen molar-refractivity contribution >= 4 is 11.4 Å². The fourth-order valence-corrected chi connectivity index (χ4v) is 2.51. The lowest BCUT2D eigenvalue weighted by atomic mass is 10.2. The molecule has 1 saturated heterocycles. The average Bonchev–Trinajstić information content (AvgIpc) is 2.86. The van der Waals surface area contributed by atoms with Crippen LogP contribution in [0.15, 0.2) is 18.2 Å². The molecule has 0 bridgehead atoms. The monoisotopic (exact) mass is 279 g/mol. The minimum absolute atomic E-state index is 0.0675. The molecule has 1 atom stereocenters. The summed E-state index contributed by atoms with van der Waals surface area (Å²) in [6, 6.07) is 5.65. The quantitative estimate of drug-likeness (QED) is 0.661. The van der Waals surface area contributed by atoms with Crippen LogP contribution in [0, 0.1) is 10.1 Å². The number of nitrogens with one attached hydrogen (secondary N) is 1. The van der Waals surface area contributed by atoms with E-state index in [1.165, 1.54) is 0 Å². The van der Waals surface area contributed by atoms with Crippen molar-refractivity contribution in [3.63, 3.8) is 0 Å². The van der Waals surface area contributed by atoms with Crippen molar-refractivity contribution in [2.45, 2.75) is 32.4 Å². The number of nitro groups is 1. The third-order valence-electron chi connectivity index (χ3n) is 3.46. The number of likely N-dealkylation sites (N-methyl/N-ethyl adjacent to an activating group) is 1. The summed E-state index contributed by atoms with van der Waals surface area (Å²) in [5.41, 5.74) is 0.712. The number of hydrogen-bond donors (Lipinski definition) is 1. The molecule has 20 heavy (non-hydrogen) atoms. The Bertz CT molecular complexity index is 491. The van der Waals surface area contributed by atoms with Crippen LogP contribution in [0.2, 0.25) is 0 Å². The van der Waals surface area contributed by atoms with Gasteiger partial charge in [0.25, 0.3) is 0 Å². The van der Waals surface area contributed by atoms with Crippen LogP contribution >= 0.6 is 0 Å². The van der Waals surface area contributed by atoms with Gasteiger partial charge in [-0.2, -0.15) is 0 Å². The van der Waals surface area contributed by atoms with Gasteiger partial charge in [0.1, 0.15) is 5.69 Å². The van der Waals surface area contributed by atoms with E-state index in [-0.39, 0.29) is 16.7 Å². The number of ether oxygens (including phenoxy) is 1. The Morgan fingerprint density at radius 3 is 2.80 bits per heavy atom. The summed E-state index contributed by atoms with van der Waals surface area (Å²) in [6.45, 7) is 5.33. The van der Waals surface area contributed by atoms with E-state index in [1.54, 1.807) is 12.1 Å². The molecular weight excluding hydrogens is 258 g/mol. The first kappa shape index (κ1) is 14.6. The van der Waals surface area contributed by atoms with Crippen molar-refractivity contribution in [3.8, 4) is 5.75 Å². The van der Waals surface area contributed by atoms with Gasteiger partial charge < -0.3 is 15.0 Å². The highest BCUT2D eigenvalue weighted by Crippen LogP contribution is 2.38. The number of rotatable bonds is 5. The van der Waals surface area contributed by atoms with Crippen LogP contribution in [0.1, 0.15) is 20.3 Å². The van der Waals surface area contributed by atoms with Gasteiger partial charge in [-0.05, 0) is 39.4 Å². The Kier molecular flexibility index (Phi) is 4.44. The highest BCUT2D eigenvalue weighted by Gasteiger charge is 2.29. The topological polar surface area (TPSA) is 67.6 Å². The zero-order chi connectivity index (χ0) is 14.7. The minimum Gasteiger partial charge on any atom is -0.484 e. The molecule has 1 aliphatic rings. The Labute approximate surface area is 118 Å². The SMILES string of the molecule is CNC1CCN(c2cccc(OC(C)C)c2[N+](=O)[O-])C1. The summed E-state index contributed by atoms with van der Waals surface area (Å²) in [4.78, 5) is 13.1. The van der Waals surface area contributed by atoms with E-state index in [0.717, 1.165) is 19.5 Å². The van der Waals surface area contributed by atoms with E-state index in [0.29, 0.717) is 17.5 Å². The highest BCUT2D eigenvalue weighted by atomic mass is 16.6. The van der Waals surface area contributed by atoms with Gasteiger partial charge in [-0.25, -0.2) is 0 Å². The van der Waals surface area contributed by atoms with Gasteiger partial charge in [0.05, 0.1) is 11.0 Å². The van der Waals surface area contributed by atoms with Gasteiger partial charge in [0, 0.05) is 19.1 Å². The summed E-state index contributed by atoms with van der Waals surface area (Å²) in [7, 11) is 1.92. The summed E-state index contributed by atoms with van der Waals surface area (Å²) < 4.78 is 5.58. The largest absolute Gasteiger partial charge is 0.484 e. The van der Waals surface area contributed by atoms with Crippen LogP contribution in [0.25, 0.3) is 0 Å². The molecule has 1 fully saturated rings. The van der Waals surface area contributed by atoms with Crippen molar-refractivity contribution in [2.24, 2.45) is 0 Å². The molecule has 1 heterocycles. The van der Waals surface area contributed by atoms with Crippen LogP contribution < -0.4 is 15.0 Å². The van der Waals surface area contributed by atoms with Crippen LogP contribution in [-0.4, -0.2) is 37.2 Å². The van der Waals surface area contributed by atoms with Gasteiger partial charge in [0.15, 0.2) is 5.75 Å². The third kappa shape index (κ3) is 3.01. The molecule has 0 aliphatic carbocycles. The van der Waals surface area contributed by atoms with Gasteiger partial charge in [-0.1, -0.05) is 6.07 Å². The number of benzene rings is 1. The lowest BCUT2D eigenvalue weighted by molar-refractivity contribution is -0.385. The molecule has 110 valence electrons. The zero-order valence-electron chi connectivity index (χ0n) is 12.1. The van der Waals surface area contributed by atoms with Gasteiger partial charge >= 0.3 is 5.69 Å². The highest BCUT2D eigenvalue weighted by molar-refractivity contribution is 5.70. The normalized spacial score (nSPS) is 18.6. The van der Waals surface area contributed by atoms with E-state index in [1.807, 2.05) is 31.9 Å². The summed E-state index contributed by atoms with van der Waals surface area (Å²) in [5.74, 6) is 0.343. The molecule has 0 radical (unpaired) electrons. The second kappa shape index (κ2) is 6.09. The van der Waals surface area contributed by atoms with Crippen LogP contribution in [0.3, 0.4) is 0 Å². The molecule has 0 aromatic heterocycles. The summed E-state index contributed by atoms with van der Waals surface area (Å²) in [6.07, 6.45) is 0.899. The van der Waals surface area contributed by atoms with E-state index < -0.39 is 0 Å². The van der Waals surface area contributed by atoms with Crippen LogP contribution in [0.5, 0.6) is 5.75 Å². The predicted octanol–water partition coefficient (Wildman–Crippen LogP) is 2.18. The lowest BCUT2D eigenvalue weighted by Gasteiger charge is -2.20. The van der Waals surface area contributed by atoms with Crippen LogP contribution in [0.4, 0.5) is 11.4 Å². The van der Waals surface area contributed by atoms with Crippen molar-refractivity contribution in [2.75, 3.05) is 25.0 Å². The second-order valence-electron chi connectivity index (χ2n) is 5.27. The maximum atomic E-state index is 11.4. The molecule has 6 nitrogen and oxygen atoms in total. The minimum atomic E-state index is -0.347. The van der Waals surface area contributed by atoms with Gasteiger partial charge in [-0.3, -0.25) is 10.1 Å². The van der Waals surface area contributed by atoms with E-state index in [4.69, 9.17) is 4.74 Å². The molecule has 1 aromatic rings. The fraction of sp³-hybridized carbons (Fsp3) is 0.571. The second-order valence-corrected chi connectivity index (χ2v) is 5.27. The van der Waals surface area contributed by atoms with E-state index >= 15 is 0 Å². The van der Waals surface area contributed by atoms with Crippen LogP contribution in [-0.2, 0) is 0 Å². The van der Waals surface area contributed by atoms with E-state index in [9.17, 15) is 10.1 Å². The Morgan fingerprint density at radius 1 is 1.50 bits per heavy atom. The Hall–Kier alpha value is -1.82. The number of nitrogens with zero attached hydrogens (tertiary/aromatic N) is 2. The average molecular weight is 279 g/mol. The molecule has 1 N–H and O–H groups in total. The zero-order valence-corrected chi connectivity index (χ0v) is 12.1. The Morgan fingerprint density at radius 2 is 2.25 bits per heavy atom. The van der Waals surface area contributed by atoms with Crippen molar-refractivity contribution in [1.29, 1.82) is 0 Å². The van der Waals surface area contributed by atoms with Crippen molar-refractivity contribution in [3.05, 3.63) is 28.3 Å². The predicted molar refractivity (Wildman–Crippen MR) is 78.5 cm³/mol. The molecule has 0 spiro atoms.